The van der Waals surface area contributed by atoms with Crippen molar-refractivity contribution in [2.24, 2.45) is 5.16 Å². The minimum atomic E-state index is 0. The highest BCUT2D eigenvalue weighted by atomic mass is 35.5. The van der Waals surface area contributed by atoms with Crippen LogP contribution in [0.25, 0.3) is 0 Å². The zero-order chi connectivity index (χ0) is 9.90. The summed E-state index contributed by atoms with van der Waals surface area (Å²) in [6.07, 6.45) is 19.0. The van der Waals surface area contributed by atoms with E-state index in [0.29, 0.717) is 0 Å². The van der Waals surface area contributed by atoms with Gasteiger partial charge in [0.05, 0.1) is 6.21 Å². The number of oxime groups is 1. The smallest absolute Gasteiger partial charge is 0.122 e. The molecule has 86 valence electrons. The van der Waals surface area contributed by atoms with E-state index < -0.39 is 0 Å². The highest BCUT2D eigenvalue weighted by molar-refractivity contribution is 5.85. The molecule has 1 aliphatic heterocycles. The minimum absolute atomic E-state index is 0. The quantitative estimate of drug-likeness (QED) is 0.570. The maximum absolute atomic E-state index is 4.52. The first-order valence-electron chi connectivity index (χ1n) is 5.51. The molecule has 0 aromatic rings. The molecular formula is C12H20ClNO. The van der Waals surface area contributed by atoms with Crippen molar-refractivity contribution in [2.75, 3.05) is 0 Å². The number of hydrogen-bond acceptors (Lipinski definition) is 2. The topological polar surface area (TPSA) is 21.6 Å². The van der Waals surface area contributed by atoms with E-state index in [1.807, 2.05) is 6.08 Å². The average Bonchev–Trinajstić information content (AvgIpc) is 2.68. The van der Waals surface area contributed by atoms with Gasteiger partial charge in [-0.1, -0.05) is 56.2 Å². The highest BCUT2D eigenvalue weighted by Gasteiger charge is 1.95. The first kappa shape index (κ1) is 14.2. The van der Waals surface area contributed by atoms with Gasteiger partial charge in [0.15, 0.2) is 0 Å². The Labute approximate surface area is 98.5 Å². The zero-order valence-corrected chi connectivity index (χ0v) is 9.92. The van der Waals surface area contributed by atoms with Crippen molar-refractivity contribution in [1.29, 1.82) is 0 Å². The van der Waals surface area contributed by atoms with Crippen molar-refractivity contribution in [3.05, 3.63) is 24.5 Å². The Morgan fingerprint density at radius 3 is 1.80 bits per heavy atom. The molecule has 2 aliphatic rings. The van der Waals surface area contributed by atoms with Gasteiger partial charge in [0.1, 0.15) is 6.26 Å². The third-order valence-corrected chi connectivity index (χ3v) is 2.32. The van der Waals surface area contributed by atoms with Crippen molar-refractivity contribution in [1.82, 2.24) is 0 Å². The van der Waals surface area contributed by atoms with Gasteiger partial charge in [-0.15, -0.1) is 12.4 Å². The highest BCUT2D eigenvalue weighted by Crippen LogP contribution is 2.15. The fourth-order valence-corrected chi connectivity index (χ4v) is 1.54. The Kier molecular flexibility index (Phi) is 10.7. The van der Waals surface area contributed by atoms with Crippen molar-refractivity contribution in [3.63, 3.8) is 0 Å². The van der Waals surface area contributed by atoms with Gasteiger partial charge in [0.25, 0.3) is 0 Å². The van der Waals surface area contributed by atoms with Crippen LogP contribution in [0.1, 0.15) is 44.9 Å². The summed E-state index contributed by atoms with van der Waals surface area (Å²) in [4.78, 5) is 4.52. The van der Waals surface area contributed by atoms with E-state index in [1.165, 1.54) is 51.2 Å². The van der Waals surface area contributed by atoms with Crippen molar-refractivity contribution in [3.8, 4) is 0 Å². The van der Waals surface area contributed by atoms with Gasteiger partial charge in [0.2, 0.25) is 0 Å². The van der Waals surface area contributed by atoms with Crippen LogP contribution < -0.4 is 0 Å². The van der Waals surface area contributed by atoms with Gasteiger partial charge in [-0.25, -0.2) is 0 Å². The predicted molar refractivity (Wildman–Crippen MR) is 67.4 cm³/mol. The molecule has 0 unspecified atom stereocenters. The van der Waals surface area contributed by atoms with Crippen LogP contribution in [0.2, 0.25) is 0 Å². The van der Waals surface area contributed by atoms with Crippen LogP contribution in [-0.2, 0) is 4.84 Å². The fourth-order valence-electron chi connectivity index (χ4n) is 1.54. The largest absolute Gasteiger partial charge is 0.365 e. The van der Waals surface area contributed by atoms with Crippen LogP contribution in [-0.4, -0.2) is 6.21 Å². The van der Waals surface area contributed by atoms with E-state index in [2.05, 4.69) is 9.99 Å². The van der Waals surface area contributed by atoms with Crippen LogP contribution in [0.5, 0.6) is 0 Å². The molecule has 1 heterocycles. The Morgan fingerprint density at radius 2 is 1.27 bits per heavy atom. The molecule has 0 bridgehead atoms. The summed E-state index contributed by atoms with van der Waals surface area (Å²) < 4.78 is 0. The molecule has 2 rings (SSSR count). The van der Waals surface area contributed by atoms with Gasteiger partial charge in [0, 0.05) is 0 Å². The lowest BCUT2D eigenvalue weighted by molar-refractivity contribution is 0.271. The van der Waals surface area contributed by atoms with Crippen LogP contribution >= 0.6 is 12.4 Å². The zero-order valence-electron chi connectivity index (χ0n) is 9.10. The van der Waals surface area contributed by atoms with Crippen LogP contribution in [0, 0.1) is 0 Å². The molecule has 0 aromatic heterocycles. The number of nitrogens with zero attached hydrogens (tertiary/aromatic N) is 1. The van der Waals surface area contributed by atoms with Crippen molar-refractivity contribution >= 4 is 18.6 Å². The SMILES string of the molecule is C1=CC=NOC=C1.C1CCCCCC1.Cl. The molecule has 0 spiro atoms. The summed E-state index contributed by atoms with van der Waals surface area (Å²) in [5.74, 6) is 0. The third-order valence-electron chi connectivity index (χ3n) is 2.32. The molecule has 0 saturated heterocycles. The molecule has 1 aliphatic carbocycles. The molecule has 1 fully saturated rings. The lowest BCUT2D eigenvalue weighted by atomic mass is 10.2. The molecule has 0 aromatic carbocycles. The first-order valence-corrected chi connectivity index (χ1v) is 5.51. The molecule has 15 heavy (non-hydrogen) atoms. The van der Waals surface area contributed by atoms with Crippen LogP contribution in [0.15, 0.2) is 29.6 Å². The third kappa shape index (κ3) is 9.54. The van der Waals surface area contributed by atoms with Gasteiger partial charge < -0.3 is 4.84 Å². The van der Waals surface area contributed by atoms with E-state index in [0.717, 1.165) is 0 Å². The molecule has 0 atom stereocenters. The van der Waals surface area contributed by atoms with Gasteiger partial charge in [-0.2, -0.15) is 0 Å². The lowest BCUT2D eigenvalue weighted by Gasteiger charge is -1.85. The second-order valence-corrected chi connectivity index (χ2v) is 3.55. The van der Waals surface area contributed by atoms with Crippen molar-refractivity contribution in [2.45, 2.75) is 44.9 Å². The summed E-state index contributed by atoms with van der Waals surface area (Å²) in [7, 11) is 0. The minimum Gasteiger partial charge on any atom is -0.365 e. The molecule has 2 nitrogen and oxygen atoms in total. The Morgan fingerprint density at radius 1 is 0.733 bits per heavy atom. The maximum Gasteiger partial charge on any atom is 0.122 e. The summed E-state index contributed by atoms with van der Waals surface area (Å²) in [6, 6.07) is 0. The molecule has 0 radical (unpaired) electrons. The van der Waals surface area contributed by atoms with E-state index in [9.17, 15) is 0 Å². The van der Waals surface area contributed by atoms with Gasteiger partial charge >= 0.3 is 0 Å². The van der Waals surface area contributed by atoms with Gasteiger partial charge in [-0.05, 0) is 12.2 Å². The summed E-state index contributed by atoms with van der Waals surface area (Å²) in [6.45, 7) is 0. The molecule has 3 heteroatoms. The first-order chi connectivity index (χ1) is 7.00. The summed E-state index contributed by atoms with van der Waals surface area (Å²) >= 11 is 0. The average molecular weight is 230 g/mol. The Hall–Kier alpha value is -0.760. The van der Waals surface area contributed by atoms with Crippen LogP contribution in [0.4, 0.5) is 0 Å². The fraction of sp³-hybridized carbons (Fsp3) is 0.583. The van der Waals surface area contributed by atoms with E-state index in [4.69, 9.17) is 0 Å². The van der Waals surface area contributed by atoms with E-state index in [-0.39, 0.29) is 12.4 Å². The summed E-state index contributed by atoms with van der Waals surface area (Å²) in [5.41, 5.74) is 0. The van der Waals surface area contributed by atoms with Crippen molar-refractivity contribution < 1.29 is 4.84 Å². The molecule has 0 amide bonds. The lowest BCUT2D eigenvalue weighted by Crippen LogP contribution is -1.66. The predicted octanol–water partition coefficient (Wildman–Crippen LogP) is 4.22. The normalized spacial score (nSPS) is 18.7. The van der Waals surface area contributed by atoms with Crippen LogP contribution in [0.3, 0.4) is 0 Å². The van der Waals surface area contributed by atoms with Gasteiger partial charge in [-0.3, -0.25) is 0 Å². The number of hydrogen-bond donors (Lipinski definition) is 0. The monoisotopic (exact) mass is 229 g/mol. The Balaban J connectivity index is 0.000000245. The number of rotatable bonds is 0. The number of allylic oxidation sites excluding steroid dienone is 3. The maximum atomic E-state index is 4.52. The Bertz CT molecular complexity index is 178. The molecular weight excluding hydrogens is 210 g/mol. The molecule has 0 N–H and O–H groups in total. The van der Waals surface area contributed by atoms with E-state index in [1.54, 1.807) is 18.4 Å². The summed E-state index contributed by atoms with van der Waals surface area (Å²) in [5, 5.41) is 3.47. The second kappa shape index (κ2) is 11.3. The second-order valence-electron chi connectivity index (χ2n) is 3.55. The van der Waals surface area contributed by atoms with E-state index >= 15 is 0 Å². The molecule has 1 saturated carbocycles. The number of halogens is 1. The standard InChI is InChI=1S/C7H14.C5H5NO.ClH/c2*1-2-4-6-7-5-3-1;/h1-7H2;1-5H;1H.